The van der Waals surface area contributed by atoms with E-state index in [0.29, 0.717) is 6.04 Å². The number of hydrogen-bond acceptors (Lipinski definition) is 3. The van der Waals surface area contributed by atoms with Gasteiger partial charge in [-0.3, -0.25) is 0 Å². The summed E-state index contributed by atoms with van der Waals surface area (Å²) in [6, 6.07) is 23.9. The van der Waals surface area contributed by atoms with E-state index in [2.05, 4.69) is 84.0 Å². The summed E-state index contributed by atoms with van der Waals surface area (Å²) in [5, 5.41) is 3.63. The van der Waals surface area contributed by atoms with Crippen LogP contribution in [0.3, 0.4) is 0 Å². The molecule has 2 heterocycles. The van der Waals surface area contributed by atoms with Gasteiger partial charge >= 0.3 is 0 Å². The van der Waals surface area contributed by atoms with Gasteiger partial charge in [0.25, 0.3) is 0 Å². The number of hydrogen-bond donors (Lipinski definition) is 1. The van der Waals surface area contributed by atoms with E-state index in [1.54, 1.807) is 6.20 Å². The highest BCUT2D eigenvalue weighted by atomic mass is 32.1. The van der Waals surface area contributed by atoms with E-state index in [1.165, 1.54) is 20.9 Å². The van der Waals surface area contributed by atoms with Crippen LogP contribution in [-0.4, -0.2) is 9.55 Å². The summed E-state index contributed by atoms with van der Waals surface area (Å²) in [5.74, 6) is 0. The second-order valence-corrected chi connectivity index (χ2v) is 7.46. The maximum absolute atomic E-state index is 4.09. The molecule has 1 atom stereocenters. The van der Waals surface area contributed by atoms with Crippen LogP contribution in [0.15, 0.2) is 85.5 Å². The molecule has 0 aliphatic heterocycles. The highest BCUT2D eigenvalue weighted by Crippen LogP contribution is 2.28. The minimum absolute atomic E-state index is 0.300. The first-order valence-electron chi connectivity index (χ1n) is 8.75. The van der Waals surface area contributed by atoms with Crippen molar-refractivity contribution in [1.82, 2.24) is 14.9 Å². The minimum Gasteiger partial charge on any atom is -0.306 e. The number of imidazole rings is 1. The van der Waals surface area contributed by atoms with Gasteiger partial charge in [-0.2, -0.15) is 0 Å². The summed E-state index contributed by atoms with van der Waals surface area (Å²) in [6.07, 6.45) is 5.57. The highest BCUT2D eigenvalue weighted by Gasteiger charge is 2.07. The topological polar surface area (TPSA) is 29.9 Å². The van der Waals surface area contributed by atoms with Crippen LogP contribution in [0, 0.1) is 0 Å². The molecule has 2 aromatic heterocycles. The van der Waals surface area contributed by atoms with Gasteiger partial charge in [0.15, 0.2) is 0 Å². The molecule has 4 rings (SSSR count). The average molecular weight is 359 g/mol. The zero-order valence-corrected chi connectivity index (χ0v) is 15.5. The zero-order chi connectivity index (χ0) is 17.8. The SMILES string of the molecule is CC(NCc1ccc(-c2ccccc2)s1)c1ccc(-n2ccnc2)cc1. The van der Waals surface area contributed by atoms with Crippen LogP contribution in [-0.2, 0) is 6.54 Å². The Hall–Kier alpha value is -2.69. The van der Waals surface area contributed by atoms with Crippen molar-refractivity contribution in [3.05, 3.63) is 95.9 Å². The fraction of sp³-hybridized carbons (Fsp3) is 0.136. The fourth-order valence-electron chi connectivity index (χ4n) is 2.95. The van der Waals surface area contributed by atoms with Crippen LogP contribution in [0.25, 0.3) is 16.1 Å². The molecule has 0 aliphatic rings. The molecule has 0 saturated heterocycles. The maximum Gasteiger partial charge on any atom is 0.0991 e. The molecule has 2 aromatic carbocycles. The Morgan fingerprint density at radius 2 is 1.81 bits per heavy atom. The van der Waals surface area contributed by atoms with Crippen molar-refractivity contribution in [2.45, 2.75) is 19.5 Å². The van der Waals surface area contributed by atoms with Crippen molar-refractivity contribution >= 4 is 11.3 Å². The lowest BCUT2D eigenvalue weighted by molar-refractivity contribution is 0.579. The smallest absolute Gasteiger partial charge is 0.0991 e. The van der Waals surface area contributed by atoms with E-state index in [9.17, 15) is 0 Å². The largest absolute Gasteiger partial charge is 0.306 e. The molecule has 26 heavy (non-hydrogen) atoms. The Balaban J connectivity index is 1.38. The summed E-state index contributed by atoms with van der Waals surface area (Å²) in [4.78, 5) is 6.77. The van der Waals surface area contributed by atoms with E-state index in [0.717, 1.165) is 12.2 Å². The molecule has 0 aliphatic carbocycles. The molecule has 4 aromatic rings. The summed E-state index contributed by atoms with van der Waals surface area (Å²) >= 11 is 1.85. The zero-order valence-electron chi connectivity index (χ0n) is 14.7. The lowest BCUT2D eigenvalue weighted by Crippen LogP contribution is -2.17. The number of nitrogens with zero attached hydrogens (tertiary/aromatic N) is 2. The van der Waals surface area contributed by atoms with Crippen molar-refractivity contribution in [2.24, 2.45) is 0 Å². The molecule has 4 heteroatoms. The van der Waals surface area contributed by atoms with Gasteiger partial charge in [-0.15, -0.1) is 11.3 Å². The van der Waals surface area contributed by atoms with Gasteiger partial charge in [0.05, 0.1) is 6.33 Å². The second-order valence-electron chi connectivity index (χ2n) is 6.30. The standard InChI is InChI=1S/C22H21N3S/c1-17(18-7-9-20(10-8-18)25-14-13-23-16-25)24-15-21-11-12-22(26-21)19-5-3-2-4-6-19/h2-14,16-17,24H,15H2,1H3. The van der Waals surface area contributed by atoms with Gasteiger partial charge < -0.3 is 9.88 Å². The number of aromatic nitrogens is 2. The number of benzene rings is 2. The van der Waals surface area contributed by atoms with E-state index in [1.807, 2.05) is 28.4 Å². The molecule has 130 valence electrons. The van der Waals surface area contributed by atoms with Crippen molar-refractivity contribution in [3.63, 3.8) is 0 Å². The van der Waals surface area contributed by atoms with Crippen molar-refractivity contribution in [2.75, 3.05) is 0 Å². The second kappa shape index (κ2) is 7.68. The van der Waals surface area contributed by atoms with Crippen LogP contribution in [0.4, 0.5) is 0 Å². The molecular weight excluding hydrogens is 338 g/mol. The first kappa shape index (κ1) is 16.8. The molecule has 0 spiro atoms. The molecule has 0 amide bonds. The van der Waals surface area contributed by atoms with Crippen LogP contribution >= 0.6 is 11.3 Å². The fourth-order valence-corrected chi connectivity index (χ4v) is 3.91. The van der Waals surface area contributed by atoms with Crippen molar-refractivity contribution in [3.8, 4) is 16.1 Å². The van der Waals surface area contributed by atoms with E-state index in [4.69, 9.17) is 0 Å². The maximum atomic E-state index is 4.09. The molecule has 1 unspecified atom stereocenters. The van der Waals surface area contributed by atoms with Crippen LogP contribution in [0.1, 0.15) is 23.4 Å². The number of thiophene rings is 1. The average Bonchev–Trinajstić information content (AvgIpc) is 3.39. The van der Waals surface area contributed by atoms with Gasteiger partial charge in [-0.05, 0) is 42.3 Å². The minimum atomic E-state index is 0.300. The van der Waals surface area contributed by atoms with Crippen LogP contribution in [0.2, 0.25) is 0 Å². The summed E-state index contributed by atoms with van der Waals surface area (Å²) < 4.78 is 2.01. The van der Waals surface area contributed by atoms with E-state index >= 15 is 0 Å². The predicted octanol–water partition coefficient (Wildman–Crippen LogP) is 5.45. The van der Waals surface area contributed by atoms with Gasteiger partial charge in [-0.1, -0.05) is 42.5 Å². The van der Waals surface area contributed by atoms with Gasteiger partial charge in [0, 0.05) is 40.4 Å². The van der Waals surface area contributed by atoms with Crippen molar-refractivity contribution < 1.29 is 0 Å². The quantitative estimate of drug-likeness (QED) is 0.496. The molecule has 3 nitrogen and oxygen atoms in total. The normalized spacial score (nSPS) is 12.2. The van der Waals surface area contributed by atoms with Gasteiger partial charge in [-0.25, -0.2) is 4.98 Å². The van der Waals surface area contributed by atoms with Crippen LogP contribution in [0.5, 0.6) is 0 Å². The lowest BCUT2D eigenvalue weighted by atomic mass is 10.1. The third kappa shape index (κ3) is 3.77. The summed E-state index contributed by atoms with van der Waals surface area (Å²) in [7, 11) is 0. The van der Waals surface area contributed by atoms with Gasteiger partial charge in [0.1, 0.15) is 0 Å². The Bertz CT molecular complexity index is 941. The van der Waals surface area contributed by atoms with E-state index < -0.39 is 0 Å². The van der Waals surface area contributed by atoms with Gasteiger partial charge in [0.2, 0.25) is 0 Å². The molecule has 0 saturated carbocycles. The summed E-state index contributed by atoms with van der Waals surface area (Å²) in [6.45, 7) is 3.08. The Morgan fingerprint density at radius 3 is 2.54 bits per heavy atom. The Morgan fingerprint density at radius 1 is 1.00 bits per heavy atom. The molecular formula is C22H21N3S. The molecule has 0 bridgehead atoms. The Labute approximate surface area is 158 Å². The highest BCUT2D eigenvalue weighted by molar-refractivity contribution is 7.15. The lowest BCUT2D eigenvalue weighted by Gasteiger charge is -2.14. The van der Waals surface area contributed by atoms with Crippen molar-refractivity contribution in [1.29, 1.82) is 0 Å². The molecule has 1 N–H and O–H groups in total. The predicted molar refractivity (Wildman–Crippen MR) is 109 cm³/mol. The first-order chi connectivity index (χ1) is 12.8. The number of rotatable bonds is 6. The third-order valence-electron chi connectivity index (χ3n) is 4.50. The first-order valence-corrected chi connectivity index (χ1v) is 9.57. The van der Waals surface area contributed by atoms with E-state index in [-0.39, 0.29) is 0 Å². The summed E-state index contributed by atoms with van der Waals surface area (Å²) in [5.41, 5.74) is 3.70. The number of nitrogens with one attached hydrogen (secondary N) is 1. The molecule has 0 radical (unpaired) electrons. The Kier molecular flexibility index (Phi) is 4.95. The monoisotopic (exact) mass is 359 g/mol. The molecule has 0 fully saturated rings. The third-order valence-corrected chi connectivity index (χ3v) is 5.63. The van der Waals surface area contributed by atoms with Crippen LogP contribution < -0.4 is 5.32 Å².